The molecular formula is C21H28N4O2S. The average Bonchev–Trinajstić information content (AvgIpc) is 3.31. The van der Waals surface area contributed by atoms with Gasteiger partial charge in [0.1, 0.15) is 0 Å². The SMILES string of the molecule is CNCc1ccc([SH](N)(=O)NC(=O)Nc2c3c(cc4c2CCC4)CCC3)cc1. The van der Waals surface area contributed by atoms with Crippen LogP contribution >= 0.6 is 0 Å². The van der Waals surface area contributed by atoms with Crippen LogP contribution in [0.3, 0.4) is 0 Å². The number of amides is 2. The molecule has 0 aliphatic heterocycles. The number of carbonyl (C=O) groups excluding carboxylic acids is 1. The summed E-state index contributed by atoms with van der Waals surface area (Å²) < 4.78 is 15.5. The predicted octanol–water partition coefficient (Wildman–Crippen LogP) is 2.37. The quantitative estimate of drug-likeness (QED) is 0.499. The molecule has 0 radical (unpaired) electrons. The number of urea groups is 1. The Morgan fingerprint density at radius 1 is 1.04 bits per heavy atom. The van der Waals surface area contributed by atoms with E-state index in [1.165, 1.54) is 22.3 Å². The fourth-order valence-corrected chi connectivity index (χ4v) is 5.44. The molecule has 0 saturated heterocycles. The van der Waals surface area contributed by atoms with E-state index in [-0.39, 0.29) is 0 Å². The van der Waals surface area contributed by atoms with E-state index in [9.17, 15) is 9.00 Å². The second-order valence-electron chi connectivity index (χ2n) is 7.65. The Balaban J connectivity index is 1.53. The number of nitrogens with one attached hydrogen (secondary N) is 3. The largest absolute Gasteiger partial charge is 0.330 e. The van der Waals surface area contributed by atoms with E-state index in [0.717, 1.165) is 49.8 Å². The van der Waals surface area contributed by atoms with E-state index < -0.39 is 16.3 Å². The molecular weight excluding hydrogens is 372 g/mol. The summed E-state index contributed by atoms with van der Waals surface area (Å²) in [6, 6.07) is 8.97. The van der Waals surface area contributed by atoms with Gasteiger partial charge >= 0.3 is 6.03 Å². The molecule has 0 heterocycles. The van der Waals surface area contributed by atoms with Gasteiger partial charge in [-0.05, 0) is 85.5 Å². The van der Waals surface area contributed by atoms with Crippen LogP contribution in [0.4, 0.5) is 10.5 Å². The van der Waals surface area contributed by atoms with Gasteiger partial charge in [0.2, 0.25) is 0 Å². The van der Waals surface area contributed by atoms with Crippen LogP contribution in [0.5, 0.6) is 0 Å². The molecule has 0 fully saturated rings. The van der Waals surface area contributed by atoms with E-state index in [0.29, 0.717) is 11.4 Å². The van der Waals surface area contributed by atoms with E-state index in [1.807, 2.05) is 19.2 Å². The third-order valence-corrected chi connectivity index (χ3v) is 7.28. The van der Waals surface area contributed by atoms with E-state index >= 15 is 0 Å². The molecule has 5 N–H and O–H groups in total. The standard InChI is InChI=1S/C21H28N4O2S/c1-23-13-14-8-10-17(11-9-14)28(22,27)25-21(26)24-20-18-6-2-4-15(18)12-16-5-3-7-19(16)20/h8-12,23,28H,2-7,13H2,1H3,(H4,22,24,25,26,27). The number of thiol groups is 1. The molecule has 150 valence electrons. The maximum atomic E-state index is 12.9. The Morgan fingerprint density at radius 2 is 1.64 bits per heavy atom. The first kappa shape index (κ1) is 19.1. The highest BCUT2D eigenvalue weighted by atomic mass is 32.3. The zero-order valence-electron chi connectivity index (χ0n) is 16.2. The number of nitrogens with two attached hydrogens (primary N) is 1. The summed E-state index contributed by atoms with van der Waals surface area (Å²) in [6.07, 6.45) is 6.31. The molecule has 0 saturated carbocycles. The van der Waals surface area contributed by atoms with Crippen molar-refractivity contribution in [1.82, 2.24) is 10.0 Å². The van der Waals surface area contributed by atoms with E-state index in [2.05, 4.69) is 21.4 Å². The summed E-state index contributed by atoms with van der Waals surface area (Å²) in [5.41, 5.74) is 7.13. The van der Waals surface area contributed by atoms with Crippen LogP contribution in [-0.4, -0.2) is 17.3 Å². The average molecular weight is 401 g/mol. The number of anilines is 1. The van der Waals surface area contributed by atoms with Gasteiger partial charge in [0.05, 0.1) is 0 Å². The lowest BCUT2D eigenvalue weighted by Crippen LogP contribution is -2.45. The Hall–Kier alpha value is -2.22. The van der Waals surface area contributed by atoms with Crippen LogP contribution in [-0.2, 0) is 42.5 Å². The van der Waals surface area contributed by atoms with Gasteiger partial charge in [-0.25, -0.2) is 9.00 Å². The Labute approximate surface area is 167 Å². The number of benzene rings is 2. The van der Waals surface area contributed by atoms with Gasteiger partial charge < -0.3 is 10.6 Å². The molecule has 2 aromatic rings. The zero-order valence-corrected chi connectivity index (χ0v) is 17.1. The minimum Gasteiger partial charge on any atom is -0.316 e. The number of carbonyl (C=O) groups is 1. The Bertz CT molecular complexity index is 924. The maximum Gasteiger partial charge on any atom is 0.330 e. The highest BCUT2D eigenvalue weighted by molar-refractivity contribution is 7.99. The number of fused-ring (bicyclic) bond motifs is 2. The van der Waals surface area contributed by atoms with Gasteiger partial charge in [-0.2, -0.15) is 0 Å². The van der Waals surface area contributed by atoms with Crippen molar-refractivity contribution in [3.8, 4) is 0 Å². The van der Waals surface area contributed by atoms with Crippen LogP contribution in [0.15, 0.2) is 35.2 Å². The second-order valence-corrected chi connectivity index (χ2v) is 9.71. The number of aryl methyl sites for hydroxylation is 2. The first-order valence-corrected chi connectivity index (χ1v) is 11.6. The van der Waals surface area contributed by atoms with Gasteiger partial charge in [0.25, 0.3) is 0 Å². The van der Waals surface area contributed by atoms with Gasteiger partial charge in [-0.15, -0.1) is 0 Å². The number of hydrogen-bond donors (Lipinski definition) is 5. The molecule has 6 nitrogen and oxygen atoms in total. The first-order chi connectivity index (χ1) is 13.5. The summed E-state index contributed by atoms with van der Waals surface area (Å²) in [4.78, 5) is 13.1. The Kier molecular flexibility index (Phi) is 5.23. The molecule has 0 spiro atoms. The molecule has 0 bridgehead atoms. The second kappa shape index (κ2) is 7.66. The van der Waals surface area contributed by atoms with Crippen LogP contribution in [0.2, 0.25) is 0 Å². The fraction of sp³-hybridized carbons (Fsp3) is 0.381. The van der Waals surface area contributed by atoms with Crippen molar-refractivity contribution < 1.29 is 9.00 Å². The lowest BCUT2D eigenvalue weighted by molar-refractivity contribution is 0.256. The van der Waals surface area contributed by atoms with Crippen molar-refractivity contribution >= 4 is 22.0 Å². The summed E-state index contributed by atoms with van der Waals surface area (Å²) in [5, 5.41) is 12.1. The fourth-order valence-electron chi connectivity index (χ4n) is 4.36. The van der Waals surface area contributed by atoms with Crippen molar-refractivity contribution in [3.63, 3.8) is 0 Å². The van der Waals surface area contributed by atoms with Crippen molar-refractivity contribution in [2.45, 2.75) is 50.0 Å². The van der Waals surface area contributed by atoms with Crippen molar-refractivity contribution in [3.05, 3.63) is 58.1 Å². The van der Waals surface area contributed by atoms with Gasteiger partial charge in [-0.3, -0.25) is 9.86 Å². The minimum atomic E-state index is -3.50. The zero-order chi connectivity index (χ0) is 19.7. The predicted molar refractivity (Wildman–Crippen MR) is 114 cm³/mol. The molecule has 0 atom stereocenters. The van der Waals surface area contributed by atoms with Gasteiger partial charge in [0, 0.05) is 27.4 Å². The van der Waals surface area contributed by atoms with Crippen molar-refractivity contribution in [1.29, 1.82) is 0 Å². The molecule has 2 aliphatic rings. The smallest absolute Gasteiger partial charge is 0.316 e. The Morgan fingerprint density at radius 3 is 2.21 bits per heavy atom. The summed E-state index contributed by atoms with van der Waals surface area (Å²) in [7, 11) is -1.63. The normalized spacial score (nSPS) is 15.8. The van der Waals surface area contributed by atoms with Gasteiger partial charge in [-0.1, -0.05) is 18.2 Å². The third-order valence-electron chi connectivity index (χ3n) is 5.68. The van der Waals surface area contributed by atoms with E-state index in [4.69, 9.17) is 5.14 Å². The maximum absolute atomic E-state index is 12.9. The highest BCUT2D eigenvalue weighted by Crippen LogP contribution is 2.38. The topological polar surface area (TPSA) is 96.2 Å². The van der Waals surface area contributed by atoms with Crippen LogP contribution in [0.25, 0.3) is 0 Å². The lowest BCUT2D eigenvalue weighted by Gasteiger charge is -2.23. The van der Waals surface area contributed by atoms with Crippen LogP contribution in [0.1, 0.15) is 40.7 Å². The number of rotatable bonds is 5. The van der Waals surface area contributed by atoms with Crippen molar-refractivity contribution in [2.75, 3.05) is 12.4 Å². The molecule has 2 amide bonds. The third kappa shape index (κ3) is 3.70. The molecule has 4 rings (SSSR count). The summed E-state index contributed by atoms with van der Waals surface area (Å²) in [6.45, 7) is 0.716. The first-order valence-electron chi connectivity index (χ1n) is 9.86. The highest BCUT2D eigenvalue weighted by Gasteiger charge is 2.25. The molecule has 2 aliphatic carbocycles. The lowest BCUT2D eigenvalue weighted by atomic mass is 9.99. The van der Waals surface area contributed by atoms with E-state index in [1.54, 1.807) is 12.1 Å². The van der Waals surface area contributed by atoms with Crippen LogP contribution in [0, 0.1) is 0 Å². The molecule has 2 aromatic carbocycles. The molecule has 28 heavy (non-hydrogen) atoms. The van der Waals surface area contributed by atoms with Crippen molar-refractivity contribution in [2.24, 2.45) is 5.14 Å². The molecule has 0 aromatic heterocycles. The van der Waals surface area contributed by atoms with Crippen LogP contribution < -0.4 is 20.5 Å². The van der Waals surface area contributed by atoms with Gasteiger partial charge in [0.15, 0.2) is 0 Å². The summed E-state index contributed by atoms with van der Waals surface area (Å²) in [5.74, 6) is 0. The number of hydrogen-bond acceptors (Lipinski definition) is 3. The minimum absolute atomic E-state index is 0.436. The molecule has 0 unspecified atom stereocenters. The molecule has 7 heteroatoms. The monoisotopic (exact) mass is 400 g/mol. The summed E-state index contributed by atoms with van der Waals surface area (Å²) >= 11 is 0.